The van der Waals surface area contributed by atoms with Crippen molar-refractivity contribution in [1.82, 2.24) is 0 Å². The van der Waals surface area contributed by atoms with Crippen molar-refractivity contribution in [3.63, 3.8) is 0 Å². The van der Waals surface area contributed by atoms with Gasteiger partial charge in [-0.2, -0.15) is 0 Å². The summed E-state index contributed by atoms with van der Waals surface area (Å²) in [5.41, 5.74) is 8.00. The molecule has 0 aliphatic rings. The van der Waals surface area contributed by atoms with E-state index >= 15 is 0 Å². The highest BCUT2D eigenvalue weighted by Crippen LogP contribution is 2.20. The third kappa shape index (κ3) is 5.32. The maximum atomic E-state index is 12.0. The molecule has 2 rings (SSSR count). The van der Waals surface area contributed by atoms with Crippen LogP contribution >= 0.6 is 11.8 Å². The number of nitrogen functional groups attached to an aromatic ring is 1. The molecule has 112 valence electrons. The zero-order chi connectivity index (χ0) is 15.3. The molecule has 0 saturated heterocycles. The molecule has 0 aliphatic carbocycles. The first-order valence-electron chi connectivity index (χ1n) is 6.50. The summed E-state index contributed by atoms with van der Waals surface area (Å²) in [6.07, 6.45) is 0. The van der Waals surface area contributed by atoms with Gasteiger partial charge < -0.3 is 5.73 Å². The Hall–Kier alpha value is -1.66. The zero-order valence-electron chi connectivity index (χ0n) is 11.7. The first-order valence-corrected chi connectivity index (χ1v) is 9.14. The smallest absolute Gasteiger partial charge is 0.233 e. The minimum atomic E-state index is -3.32. The summed E-state index contributed by atoms with van der Waals surface area (Å²) < 4.78 is 26.5. The second-order valence-corrected chi connectivity index (χ2v) is 7.71. The van der Waals surface area contributed by atoms with E-state index in [1.165, 1.54) is 11.8 Å². The molecule has 0 aliphatic heterocycles. The van der Waals surface area contributed by atoms with Gasteiger partial charge in [-0.25, -0.2) is 8.42 Å². The Morgan fingerprint density at radius 3 is 2.29 bits per heavy atom. The zero-order valence-corrected chi connectivity index (χ0v) is 13.4. The number of benzene rings is 2. The number of nitrogens with two attached hydrogens (primary N) is 1. The van der Waals surface area contributed by atoms with E-state index in [9.17, 15) is 8.42 Å². The van der Waals surface area contributed by atoms with Gasteiger partial charge in [0.25, 0.3) is 0 Å². The first-order chi connectivity index (χ1) is 9.94. The second-order valence-electron chi connectivity index (χ2n) is 4.70. The van der Waals surface area contributed by atoms with Crippen molar-refractivity contribution in [2.24, 2.45) is 0 Å². The van der Waals surface area contributed by atoms with Gasteiger partial charge in [0.1, 0.15) is 0 Å². The molecule has 4 nitrogen and oxygen atoms in total. The maximum Gasteiger partial charge on any atom is 0.233 e. The summed E-state index contributed by atoms with van der Waals surface area (Å²) in [6.45, 7) is 1.96. The predicted molar refractivity (Wildman–Crippen MR) is 90.2 cm³/mol. The van der Waals surface area contributed by atoms with Crippen molar-refractivity contribution in [2.45, 2.75) is 11.8 Å². The number of nitrogens with one attached hydrogen (secondary N) is 1. The lowest BCUT2D eigenvalue weighted by Gasteiger charge is -2.08. The lowest BCUT2D eigenvalue weighted by atomic mass is 10.2. The van der Waals surface area contributed by atoms with Crippen molar-refractivity contribution in [2.75, 3.05) is 22.0 Å². The van der Waals surface area contributed by atoms with E-state index < -0.39 is 10.0 Å². The van der Waals surface area contributed by atoms with Gasteiger partial charge in [-0.15, -0.1) is 11.8 Å². The van der Waals surface area contributed by atoms with Crippen LogP contribution in [-0.4, -0.2) is 19.9 Å². The van der Waals surface area contributed by atoms with Gasteiger partial charge in [-0.1, -0.05) is 17.7 Å². The Morgan fingerprint density at radius 2 is 1.67 bits per heavy atom. The lowest BCUT2D eigenvalue weighted by molar-refractivity contribution is 0.602. The Bertz CT molecular complexity index is 681. The van der Waals surface area contributed by atoms with E-state index in [-0.39, 0.29) is 5.75 Å². The van der Waals surface area contributed by atoms with Crippen LogP contribution in [0.25, 0.3) is 0 Å². The van der Waals surface area contributed by atoms with E-state index in [0.717, 1.165) is 10.5 Å². The Morgan fingerprint density at radius 1 is 1.05 bits per heavy atom. The average Bonchev–Trinajstić information content (AvgIpc) is 2.43. The minimum absolute atomic E-state index is 0.0654. The lowest BCUT2D eigenvalue weighted by Crippen LogP contribution is -2.18. The standard InChI is InChI=1S/C15H18N2O2S2/c1-12-2-6-14(7-3-12)17-21(18,19)11-10-20-15-8-4-13(16)5-9-15/h2-9,17H,10-11,16H2,1H3. The molecule has 0 bridgehead atoms. The summed E-state index contributed by atoms with van der Waals surface area (Å²) >= 11 is 1.49. The van der Waals surface area contributed by atoms with Gasteiger partial charge in [0.2, 0.25) is 10.0 Å². The quantitative estimate of drug-likeness (QED) is 0.633. The molecular formula is C15H18N2O2S2. The molecular weight excluding hydrogens is 304 g/mol. The molecule has 0 fully saturated rings. The van der Waals surface area contributed by atoms with Gasteiger partial charge in [0.15, 0.2) is 0 Å². The normalized spacial score (nSPS) is 11.3. The summed E-state index contributed by atoms with van der Waals surface area (Å²) in [7, 11) is -3.32. The summed E-state index contributed by atoms with van der Waals surface area (Å²) in [4.78, 5) is 1.01. The third-order valence-electron chi connectivity index (χ3n) is 2.83. The molecule has 6 heteroatoms. The summed E-state index contributed by atoms with van der Waals surface area (Å²) in [5.74, 6) is 0.557. The van der Waals surface area contributed by atoms with Gasteiger partial charge >= 0.3 is 0 Å². The fourth-order valence-electron chi connectivity index (χ4n) is 1.69. The number of hydrogen-bond donors (Lipinski definition) is 2. The Balaban J connectivity index is 1.86. The highest BCUT2D eigenvalue weighted by Gasteiger charge is 2.10. The summed E-state index contributed by atoms with van der Waals surface area (Å²) in [5, 5.41) is 0. The largest absolute Gasteiger partial charge is 0.399 e. The number of sulfonamides is 1. The molecule has 0 amide bonds. The predicted octanol–water partition coefficient (Wildman–Crippen LogP) is 3.11. The highest BCUT2D eigenvalue weighted by atomic mass is 32.2. The third-order valence-corrected chi connectivity index (χ3v) is 5.39. The molecule has 2 aromatic carbocycles. The van der Waals surface area contributed by atoms with Gasteiger partial charge in [0.05, 0.1) is 5.75 Å². The monoisotopic (exact) mass is 322 g/mol. The van der Waals surface area contributed by atoms with Gasteiger partial charge in [-0.05, 0) is 43.3 Å². The minimum Gasteiger partial charge on any atom is -0.399 e. The molecule has 0 spiro atoms. The number of aryl methyl sites for hydroxylation is 1. The molecule has 0 atom stereocenters. The topological polar surface area (TPSA) is 72.2 Å². The van der Waals surface area contributed by atoms with E-state index in [0.29, 0.717) is 17.1 Å². The van der Waals surface area contributed by atoms with Crippen LogP contribution in [0.5, 0.6) is 0 Å². The second kappa shape index (κ2) is 6.87. The van der Waals surface area contributed by atoms with E-state index in [1.807, 2.05) is 31.2 Å². The van der Waals surface area contributed by atoms with E-state index in [1.54, 1.807) is 24.3 Å². The van der Waals surface area contributed by atoms with Crippen molar-refractivity contribution >= 4 is 33.2 Å². The van der Waals surface area contributed by atoms with Gasteiger partial charge in [-0.3, -0.25) is 4.72 Å². The SMILES string of the molecule is Cc1ccc(NS(=O)(=O)CCSc2ccc(N)cc2)cc1. The summed E-state index contributed by atoms with van der Waals surface area (Å²) in [6, 6.07) is 14.7. The van der Waals surface area contributed by atoms with Crippen LogP contribution in [0.2, 0.25) is 0 Å². The van der Waals surface area contributed by atoms with Gasteiger partial charge in [0, 0.05) is 22.0 Å². The molecule has 3 N–H and O–H groups in total. The number of anilines is 2. The van der Waals surface area contributed by atoms with Crippen LogP contribution in [0.3, 0.4) is 0 Å². The highest BCUT2D eigenvalue weighted by molar-refractivity contribution is 8.01. The molecule has 2 aromatic rings. The van der Waals surface area contributed by atoms with Crippen molar-refractivity contribution in [1.29, 1.82) is 0 Å². The molecule has 0 saturated carbocycles. The van der Waals surface area contributed by atoms with E-state index in [4.69, 9.17) is 5.73 Å². The van der Waals surface area contributed by atoms with Crippen LogP contribution in [0.4, 0.5) is 11.4 Å². The van der Waals surface area contributed by atoms with Crippen molar-refractivity contribution in [3.8, 4) is 0 Å². The van der Waals surface area contributed by atoms with Crippen LogP contribution < -0.4 is 10.5 Å². The first kappa shape index (κ1) is 15.7. The number of rotatable bonds is 6. The van der Waals surface area contributed by atoms with Crippen LogP contribution in [-0.2, 0) is 10.0 Å². The molecule has 0 unspecified atom stereocenters. The average molecular weight is 322 g/mol. The Labute approximate surface area is 129 Å². The van der Waals surface area contributed by atoms with E-state index in [2.05, 4.69) is 4.72 Å². The molecule has 21 heavy (non-hydrogen) atoms. The van der Waals surface area contributed by atoms with Crippen LogP contribution in [0.1, 0.15) is 5.56 Å². The Kier molecular flexibility index (Phi) is 5.14. The van der Waals surface area contributed by atoms with Crippen molar-refractivity contribution < 1.29 is 8.42 Å². The fraction of sp³-hybridized carbons (Fsp3) is 0.200. The van der Waals surface area contributed by atoms with Crippen LogP contribution in [0.15, 0.2) is 53.4 Å². The molecule has 0 radical (unpaired) electrons. The van der Waals surface area contributed by atoms with Crippen molar-refractivity contribution in [3.05, 3.63) is 54.1 Å². The molecule has 0 aromatic heterocycles. The number of hydrogen-bond acceptors (Lipinski definition) is 4. The van der Waals surface area contributed by atoms with Crippen LogP contribution in [0, 0.1) is 6.92 Å². The number of thioether (sulfide) groups is 1. The maximum absolute atomic E-state index is 12.0. The molecule has 0 heterocycles. The fourth-order valence-corrected chi connectivity index (χ4v) is 4.06.